The van der Waals surface area contributed by atoms with Crippen LogP contribution in [0.15, 0.2) is 60.7 Å². The molecule has 0 aliphatic carbocycles. The van der Waals surface area contributed by atoms with Crippen LogP contribution in [0.5, 0.6) is 0 Å². The average Bonchev–Trinajstić information content (AvgIpc) is 3.77. The number of nitrogens with one attached hydrogen (secondary N) is 3. The quantitative estimate of drug-likeness (QED) is 0.123. The van der Waals surface area contributed by atoms with E-state index < -0.39 is 0 Å². The highest BCUT2D eigenvalue weighted by Gasteiger charge is 2.27. The molecule has 2 aliphatic rings. The van der Waals surface area contributed by atoms with E-state index in [0.29, 0.717) is 53.8 Å². The Morgan fingerprint density at radius 2 is 1.16 bits per heavy atom. The molecule has 8 rings (SSSR count). The Hall–Kier alpha value is -2.36. The van der Waals surface area contributed by atoms with Gasteiger partial charge in [-0.2, -0.15) is 37.0 Å². The van der Waals surface area contributed by atoms with Crippen molar-refractivity contribution in [2.45, 2.75) is 57.8 Å². The van der Waals surface area contributed by atoms with E-state index in [1.807, 2.05) is 36.4 Å². The average molecular weight is 918 g/mol. The van der Waals surface area contributed by atoms with Crippen LogP contribution in [-0.2, 0) is 13.1 Å². The first-order valence-electron chi connectivity index (χ1n) is 18.0. The lowest BCUT2D eigenvalue weighted by molar-refractivity contribution is 0.175. The minimum atomic E-state index is 0. The largest absolute Gasteiger partial charge is 0.341 e. The number of rotatable bonds is 9. The topological polar surface area (TPSA) is 105 Å². The van der Waals surface area contributed by atoms with Crippen LogP contribution in [-0.4, -0.2) is 79.6 Å². The third-order valence-electron chi connectivity index (χ3n) is 9.76. The number of piperidine rings is 2. The predicted octanol–water partition coefficient (Wildman–Crippen LogP) is 10.3. The van der Waals surface area contributed by atoms with Crippen molar-refractivity contribution in [3.63, 3.8) is 0 Å². The second-order valence-corrected chi connectivity index (χ2v) is 16.2. The highest BCUT2D eigenvalue weighted by atomic mass is 35.5. The third-order valence-corrected chi connectivity index (χ3v) is 11.1. The zero-order valence-electron chi connectivity index (χ0n) is 30.6. The van der Waals surface area contributed by atoms with Gasteiger partial charge in [-0.15, -0.1) is 0 Å². The van der Waals surface area contributed by atoms with Gasteiger partial charge < -0.3 is 25.1 Å². The lowest BCUT2D eigenvalue weighted by Gasteiger charge is -2.39. The molecule has 0 amide bonds. The number of imidazole rings is 2. The first-order valence-corrected chi connectivity index (χ1v) is 20.3. The van der Waals surface area contributed by atoms with Crippen LogP contribution in [0.2, 0.25) is 30.4 Å². The van der Waals surface area contributed by atoms with Crippen molar-refractivity contribution < 1.29 is 0 Å². The van der Waals surface area contributed by atoms with Gasteiger partial charge in [0.15, 0.2) is 11.3 Å². The van der Waals surface area contributed by atoms with Crippen LogP contribution in [0.25, 0.3) is 22.3 Å². The van der Waals surface area contributed by atoms with Crippen LogP contribution in [0.4, 0.5) is 11.9 Å². The van der Waals surface area contributed by atoms with Crippen molar-refractivity contribution in [1.29, 1.82) is 0 Å². The van der Waals surface area contributed by atoms with Gasteiger partial charge in [-0.1, -0.05) is 76.5 Å². The van der Waals surface area contributed by atoms with Crippen molar-refractivity contribution in [2.75, 3.05) is 42.5 Å². The first kappa shape index (κ1) is 44.7. The molecule has 300 valence electrons. The van der Waals surface area contributed by atoms with Gasteiger partial charge in [0.25, 0.3) is 0 Å². The molecule has 2 fully saturated rings. The van der Waals surface area contributed by atoms with Crippen molar-refractivity contribution >= 4 is 131 Å². The molecular weight excluding hydrogens is 873 g/mol. The van der Waals surface area contributed by atoms with Crippen LogP contribution < -0.4 is 15.1 Å². The van der Waals surface area contributed by atoms with Crippen LogP contribution in [0.1, 0.15) is 43.7 Å². The molecule has 0 spiro atoms. The fourth-order valence-electron chi connectivity index (χ4n) is 7.21. The van der Waals surface area contributed by atoms with Crippen molar-refractivity contribution in [2.24, 2.45) is 0 Å². The Labute approximate surface area is 370 Å². The molecule has 2 aromatic carbocycles. The molecule has 2 aliphatic heterocycles. The second-order valence-electron chi connectivity index (χ2n) is 13.7. The standard InChI is InChI=1S/C20H22Cl3N5.C18H18Cl3N5.2H2S/c1-2-27(11-13-8-14(21)10-15(22)9-13)16-4-3-7-28(12-16)20-24-17-5-6-18(23)25-19(17)26-20;19-12-6-11(7-13(20)8-12)9-22-14-2-1-5-26(10-14)18-23-15-3-4-16(21)24-17(15)25-18;;/h5-6,8-10,16H,2-4,7,11-12H2,1H3,(H,24,25,26);3-4,6-8,14,22H,1-2,5,9-10H2,(H,23,24,25);2*1H2/t16-;14-;;/m00../s1. The summed E-state index contributed by atoms with van der Waals surface area (Å²) >= 11 is 36.4. The number of benzene rings is 2. The van der Waals surface area contributed by atoms with Crippen LogP contribution in [0, 0.1) is 0 Å². The summed E-state index contributed by atoms with van der Waals surface area (Å²) in [6.07, 6.45) is 4.49. The number of aromatic amines is 2. The number of hydrogen-bond donors (Lipinski definition) is 3. The second kappa shape index (κ2) is 20.6. The zero-order chi connectivity index (χ0) is 37.8. The fourth-order valence-corrected chi connectivity index (χ4v) is 8.63. The normalized spacial score (nSPS) is 17.1. The Kier molecular flexibility index (Phi) is 16.4. The van der Waals surface area contributed by atoms with Gasteiger partial charge in [0.2, 0.25) is 11.9 Å². The molecule has 6 aromatic rings. The molecular formula is C38H44Cl6N10S2. The van der Waals surface area contributed by atoms with E-state index in [0.717, 1.165) is 106 Å². The molecule has 0 unspecified atom stereocenters. The summed E-state index contributed by atoms with van der Waals surface area (Å²) in [5.74, 6) is 1.70. The monoisotopic (exact) mass is 914 g/mol. The van der Waals surface area contributed by atoms with Crippen molar-refractivity contribution in [3.05, 3.63) is 102 Å². The smallest absolute Gasteiger partial charge is 0.205 e. The molecule has 18 heteroatoms. The van der Waals surface area contributed by atoms with E-state index in [9.17, 15) is 0 Å². The molecule has 2 saturated heterocycles. The summed E-state index contributed by atoms with van der Waals surface area (Å²) in [6, 6.07) is 19.6. The highest BCUT2D eigenvalue weighted by Crippen LogP contribution is 2.27. The van der Waals surface area contributed by atoms with E-state index in [-0.39, 0.29) is 27.0 Å². The first-order chi connectivity index (χ1) is 26.1. The molecule has 0 saturated carbocycles. The van der Waals surface area contributed by atoms with Gasteiger partial charge in [-0.05, 0) is 104 Å². The highest BCUT2D eigenvalue weighted by molar-refractivity contribution is 7.59. The molecule has 0 radical (unpaired) electrons. The number of H-pyrrole nitrogens is 2. The van der Waals surface area contributed by atoms with E-state index in [4.69, 9.17) is 69.6 Å². The van der Waals surface area contributed by atoms with Gasteiger partial charge in [0.05, 0.1) is 11.0 Å². The van der Waals surface area contributed by atoms with Crippen molar-refractivity contribution in [3.8, 4) is 0 Å². The van der Waals surface area contributed by atoms with Crippen LogP contribution >= 0.6 is 96.6 Å². The summed E-state index contributed by atoms with van der Waals surface area (Å²) in [5.41, 5.74) is 5.33. The SMILES string of the molecule is CCN(Cc1cc(Cl)cc(Cl)c1)[C@H]1CCCN(c2nc3nc(Cl)ccc3[nH]2)C1.Clc1cc(Cl)cc(CN[C@H]2CCCN(c3nc4nc(Cl)ccc4[nH]3)C2)c1.S.S. The maximum atomic E-state index is 6.18. The summed E-state index contributed by atoms with van der Waals surface area (Å²) in [5, 5.41) is 7.18. The molecule has 56 heavy (non-hydrogen) atoms. The summed E-state index contributed by atoms with van der Waals surface area (Å²) < 4.78 is 0. The number of likely N-dealkylation sites (N-methyl/N-ethyl adjacent to an activating group) is 1. The van der Waals surface area contributed by atoms with Gasteiger partial charge in [0, 0.05) is 71.4 Å². The number of nitrogens with zero attached hydrogens (tertiary/aromatic N) is 7. The fraction of sp³-hybridized carbons (Fsp3) is 0.368. The Balaban J connectivity index is 0.000000207. The van der Waals surface area contributed by atoms with E-state index in [1.54, 1.807) is 24.3 Å². The van der Waals surface area contributed by atoms with E-state index in [2.05, 4.69) is 56.8 Å². The Morgan fingerprint density at radius 1 is 0.661 bits per heavy atom. The van der Waals surface area contributed by atoms with Gasteiger partial charge in [-0.25, -0.2) is 9.97 Å². The molecule has 6 heterocycles. The van der Waals surface area contributed by atoms with Gasteiger partial charge >= 0.3 is 0 Å². The number of aromatic nitrogens is 6. The molecule has 4 aromatic heterocycles. The number of hydrogen-bond acceptors (Lipinski definition) is 8. The van der Waals surface area contributed by atoms with Gasteiger partial charge in [-0.3, -0.25) is 4.90 Å². The van der Waals surface area contributed by atoms with Crippen molar-refractivity contribution in [1.82, 2.24) is 40.1 Å². The number of anilines is 2. The Morgan fingerprint density at radius 3 is 1.70 bits per heavy atom. The number of halogens is 6. The number of fused-ring (bicyclic) bond motifs is 2. The summed E-state index contributed by atoms with van der Waals surface area (Å²) in [4.78, 5) is 31.5. The van der Waals surface area contributed by atoms with E-state index >= 15 is 0 Å². The van der Waals surface area contributed by atoms with E-state index in [1.165, 1.54) is 0 Å². The number of pyridine rings is 2. The molecule has 0 bridgehead atoms. The predicted molar refractivity (Wildman–Crippen MR) is 245 cm³/mol. The zero-order valence-corrected chi connectivity index (χ0v) is 37.1. The van der Waals surface area contributed by atoms with Gasteiger partial charge in [0.1, 0.15) is 10.3 Å². The minimum absolute atomic E-state index is 0. The lowest BCUT2D eigenvalue weighted by atomic mass is 10.0. The molecule has 10 nitrogen and oxygen atoms in total. The minimum Gasteiger partial charge on any atom is -0.341 e. The van der Waals surface area contributed by atoms with Crippen LogP contribution in [0.3, 0.4) is 0 Å². The maximum absolute atomic E-state index is 6.18. The maximum Gasteiger partial charge on any atom is 0.205 e. The summed E-state index contributed by atoms with van der Waals surface area (Å²) in [7, 11) is 0. The molecule has 3 N–H and O–H groups in total. The Bertz CT molecular complexity index is 2180. The summed E-state index contributed by atoms with van der Waals surface area (Å²) in [6.45, 7) is 8.44. The molecule has 2 atom stereocenters. The lowest BCUT2D eigenvalue weighted by Crippen LogP contribution is -2.48. The third kappa shape index (κ3) is 11.6.